The van der Waals surface area contributed by atoms with Crippen molar-refractivity contribution in [2.75, 3.05) is 20.2 Å². The van der Waals surface area contributed by atoms with E-state index in [1.807, 2.05) is 53.4 Å². The Morgan fingerprint density at radius 3 is 2.45 bits per heavy atom. The Hall–Kier alpha value is -3.32. The number of imidazole rings is 1. The maximum Gasteiger partial charge on any atom is 0.253 e. The van der Waals surface area contributed by atoms with Crippen LogP contribution in [0.3, 0.4) is 0 Å². The van der Waals surface area contributed by atoms with Crippen LogP contribution in [0.1, 0.15) is 34.3 Å². The predicted octanol–water partition coefficient (Wildman–Crippen LogP) is 5.02. The van der Waals surface area contributed by atoms with Gasteiger partial charge in [0, 0.05) is 30.6 Å². The molecule has 1 aliphatic rings. The Kier molecular flexibility index (Phi) is 6.30. The molecule has 0 unspecified atom stereocenters. The number of hydrogen-bond donors (Lipinski definition) is 0. The minimum absolute atomic E-state index is 0.138. The van der Waals surface area contributed by atoms with Gasteiger partial charge in [-0.15, -0.1) is 0 Å². The molecule has 0 aliphatic carbocycles. The summed E-state index contributed by atoms with van der Waals surface area (Å²) in [6, 6.07) is 20.0. The van der Waals surface area contributed by atoms with E-state index >= 15 is 0 Å². The molecule has 0 atom stereocenters. The number of benzene rings is 2. The Morgan fingerprint density at radius 2 is 1.73 bits per heavy atom. The average Bonchev–Trinajstić information content (AvgIpc) is 3.52. The van der Waals surface area contributed by atoms with Crippen molar-refractivity contribution in [3.8, 4) is 5.75 Å². The number of nitrogens with zero attached hydrogens (tertiary/aromatic N) is 4. The van der Waals surface area contributed by atoms with E-state index < -0.39 is 0 Å². The Bertz CT molecular complexity index is 1250. The van der Waals surface area contributed by atoms with Gasteiger partial charge >= 0.3 is 0 Å². The van der Waals surface area contributed by atoms with Gasteiger partial charge in [-0.05, 0) is 60.4 Å². The highest BCUT2D eigenvalue weighted by Crippen LogP contribution is 2.27. The number of hydrogen-bond acceptors (Lipinski definition) is 5. The number of ether oxygens (including phenoxy) is 1. The van der Waals surface area contributed by atoms with E-state index in [0.29, 0.717) is 6.54 Å². The number of pyridine rings is 1. The molecule has 6 nitrogen and oxygen atoms in total. The lowest BCUT2D eigenvalue weighted by atomic mass is 10.1. The van der Waals surface area contributed by atoms with Crippen molar-refractivity contribution in [3.63, 3.8) is 0 Å². The number of thioether (sulfide) groups is 1. The number of amides is 1. The van der Waals surface area contributed by atoms with Crippen molar-refractivity contribution in [2.45, 2.75) is 30.3 Å². The highest BCUT2D eigenvalue weighted by atomic mass is 32.2. The van der Waals surface area contributed by atoms with Gasteiger partial charge in [0.25, 0.3) is 5.91 Å². The summed E-state index contributed by atoms with van der Waals surface area (Å²) in [5, 5.41) is 0.928. The maximum absolute atomic E-state index is 12.6. The van der Waals surface area contributed by atoms with Crippen LogP contribution in [0.5, 0.6) is 5.75 Å². The van der Waals surface area contributed by atoms with Gasteiger partial charge in [0.05, 0.1) is 13.7 Å². The zero-order valence-electron chi connectivity index (χ0n) is 18.6. The molecule has 33 heavy (non-hydrogen) atoms. The van der Waals surface area contributed by atoms with Crippen molar-refractivity contribution in [3.05, 3.63) is 83.6 Å². The Labute approximate surface area is 197 Å². The largest absolute Gasteiger partial charge is 0.497 e. The summed E-state index contributed by atoms with van der Waals surface area (Å²) in [6.07, 6.45) is 4.01. The second-order valence-corrected chi connectivity index (χ2v) is 9.10. The highest BCUT2D eigenvalue weighted by Gasteiger charge is 2.19. The summed E-state index contributed by atoms with van der Waals surface area (Å²) in [4.78, 5) is 23.9. The number of fused-ring (bicyclic) bond motifs is 1. The van der Waals surface area contributed by atoms with Gasteiger partial charge in [-0.3, -0.25) is 9.36 Å². The predicted molar refractivity (Wildman–Crippen MR) is 131 cm³/mol. The second-order valence-electron chi connectivity index (χ2n) is 8.16. The van der Waals surface area contributed by atoms with Gasteiger partial charge in [-0.1, -0.05) is 36.0 Å². The molecule has 1 aliphatic heterocycles. The fourth-order valence-corrected chi connectivity index (χ4v) is 5.06. The Balaban J connectivity index is 1.33. The first-order valence-electron chi connectivity index (χ1n) is 11.2. The molecule has 7 heteroatoms. The zero-order chi connectivity index (χ0) is 22.6. The number of methoxy groups -OCH3 is 1. The van der Waals surface area contributed by atoms with E-state index in [1.165, 1.54) is 0 Å². The molecule has 1 amide bonds. The standard InChI is InChI=1S/C26H26N4O2S/c1-32-22-12-8-19(9-13-22)17-30-24-23(5-4-14-27-24)28-26(30)33-18-20-6-10-21(11-7-20)25(31)29-15-2-3-16-29/h4-14H,2-3,15-18H2,1H3. The molecule has 1 saturated heterocycles. The van der Waals surface area contributed by atoms with Crippen LogP contribution in [0.2, 0.25) is 0 Å². The number of carbonyl (C=O) groups is 1. The number of rotatable bonds is 7. The van der Waals surface area contributed by atoms with E-state index in [9.17, 15) is 4.79 Å². The van der Waals surface area contributed by atoms with Crippen LogP contribution in [0, 0.1) is 0 Å². The Morgan fingerprint density at radius 1 is 1.00 bits per heavy atom. The number of aromatic nitrogens is 3. The maximum atomic E-state index is 12.6. The number of likely N-dealkylation sites (tertiary alicyclic amines) is 1. The molecule has 1 fully saturated rings. The third-order valence-electron chi connectivity index (χ3n) is 5.93. The van der Waals surface area contributed by atoms with E-state index in [4.69, 9.17) is 9.72 Å². The molecular formula is C26H26N4O2S. The molecule has 3 heterocycles. The first-order valence-corrected chi connectivity index (χ1v) is 12.1. The lowest BCUT2D eigenvalue weighted by molar-refractivity contribution is 0.0793. The van der Waals surface area contributed by atoms with Gasteiger partial charge in [-0.25, -0.2) is 9.97 Å². The van der Waals surface area contributed by atoms with Gasteiger partial charge in [0.2, 0.25) is 0 Å². The first-order chi connectivity index (χ1) is 16.2. The van der Waals surface area contributed by atoms with E-state index in [1.54, 1.807) is 25.1 Å². The molecule has 2 aromatic heterocycles. The average molecular weight is 459 g/mol. The molecule has 168 valence electrons. The molecular weight excluding hydrogens is 432 g/mol. The molecule has 0 radical (unpaired) electrons. The van der Waals surface area contributed by atoms with Gasteiger partial charge in [0.1, 0.15) is 11.3 Å². The summed E-state index contributed by atoms with van der Waals surface area (Å²) >= 11 is 1.68. The summed E-state index contributed by atoms with van der Waals surface area (Å²) in [6.45, 7) is 2.42. The summed E-state index contributed by atoms with van der Waals surface area (Å²) < 4.78 is 7.44. The summed E-state index contributed by atoms with van der Waals surface area (Å²) in [5.74, 6) is 1.75. The topological polar surface area (TPSA) is 60.2 Å². The third-order valence-corrected chi connectivity index (χ3v) is 6.98. The van der Waals surface area contributed by atoms with Crippen molar-refractivity contribution in [1.29, 1.82) is 0 Å². The van der Waals surface area contributed by atoms with Gasteiger partial charge in [0.15, 0.2) is 10.8 Å². The molecule has 0 bridgehead atoms. The first kappa shape index (κ1) is 21.5. The highest BCUT2D eigenvalue weighted by molar-refractivity contribution is 7.98. The van der Waals surface area contributed by atoms with Crippen molar-refractivity contribution in [2.24, 2.45) is 0 Å². The molecule has 5 rings (SSSR count). The van der Waals surface area contributed by atoms with Crippen LogP contribution in [0.15, 0.2) is 72.0 Å². The molecule has 4 aromatic rings. The SMILES string of the molecule is COc1ccc(Cn2c(SCc3ccc(C(=O)N4CCCC4)cc3)nc3cccnc32)cc1. The summed E-state index contributed by atoms with van der Waals surface area (Å²) in [5.41, 5.74) is 4.85. The van der Waals surface area contributed by atoms with Crippen molar-refractivity contribution < 1.29 is 9.53 Å². The van der Waals surface area contributed by atoms with Crippen LogP contribution in [-0.2, 0) is 12.3 Å². The second kappa shape index (κ2) is 9.67. The fourth-order valence-electron chi connectivity index (χ4n) is 4.10. The van der Waals surface area contributed by atoms with E-state index in [-0.39, 0.29) is 5.91 Å². The molecule has 0 saturated carbocycles. The molecule has 0 N–H and O–H groups in total. The van der Waals surface area contributed by atoms with Gasteiger partial charge < -0.3 is 9.64 Å². The minimum Gasteiger partial charge on any atom is -0.497 e. The normalized spacial score (nSPS) is 13.5. The van der Waals surface area contributed by atoms with Crippen LogP contribution in [0.4, 0.5) is 0 Å². The van der Waals surface area contributed by atoms with Crippen molar-refractivity contribution in [1.82, 2.24) is 19.4 Å². The van der Waals surface area contributed by atoms with Crippen LogP contribution < -0.4 is 4.74 Å². The van der Waals surface area contributed by atoms with Crippen LogP contribution in [-0.4, -0.2) is 45.5 Å². The number of carbonyl (C=O) groups excluding carboxylic acids is 1. The fraction of sp³-hybridized carbons (Fsp3) is 0.269. The molecule has 2 aromatic carbocycles. The van der Waals surface area contributed by atoms with E-state index in [0.717, 1.165) is 70.4 Å². The lowest BCUT2D eigenvalue weighted by Gasteiger charge is -2.15. The minimum atomic E-state index is 0.138. The third kappa shape index (κ3) is 4.73. The van der Waals surface area contributed by atoms with Crippen LogP contribution in [0.25, 0.3) is 11.2 Å². The molecule has 0 spiro atoms. The monoisotopic (exact) mass is 458 g/mol. The quantitative estimate of drug-likeness (QED) is 0.364. The van der Waals surface area contributed by atoms with Crippen molar-refractivity contribution >= 4 is 28.8 Å². The zero-order valence-corrected chi connectivity index (χ0v) is 19.4. The lowest BCUT2D eigenvalue weighted by Crippen LogP contribution is -2.27. The van der Waals surface area contributed by atoms with Gasteiger partial charge in [-0.2, -0.15) is 0 Å². The smallest absolute Gasteiger partial charge is 0.253 e. The van der Waals surface area contributed by atoms with E-state index in [2.05, 4.69) is 21.7 Å². The summed E-state index contributed by atoms with van der Waals surface area (Å²) in [7, 11) is 1.67. The van der Waals surface area contributed by atoms with Crippen LogP contribution >= 0.6 is 11.8 Å².